The monoisotopic (exact) mass is 222 g/mol. The van der Waals surface area contributed by atoms with Crippen molar-refractivity contribution in [2.45, 2.75) is 26.4 Å². The van der Waals surface area contributed by atoms with E-state index in [4.69, 9.17) is 10.00 Å². The molecule has 0 aromatic rings. The third-order valence-electron chi connectivity index (χ3n) is 2.62. The Bertz CT molecular complexity index is 328. The lowest BCUT2D eigenvalue weighted by Crippen LogP contribution is -2.31. The molecule has 0 saturated carbocycles. The molecule has 0 bridgehead atoms. The summed E-state index contributed by atoms with van der Waals surface area (Å²) in [6.45, 7) is 5.17. The van der Waals surface area contributed by atoms with Crippen LogP contribution in [0.5, 0.6) is 0 Å². The summed E-state index contributed by atoms with van der Waals surface area (Å²) in [7, 11) is 1.65. The molecule has 1 fully saturated rings. The number of hydrogen-bond acceptors (Lipinski definition) is 3. The van der Waals surface area contributed by atoms with Gasteiger partial charge < -0.3 is 9.64 Å². The van der Waals surface area contributed by atoms with Crippen LogP contribution in [0.3, 0.4) is 0 Å². The first-order valence-corrected chi connectivity index (χ1v) is 5.52. The average Bonchev–Trinajstić information content (AvgIpc) is 2.73. The molecule has 1 aliphatic rings. The molecule has 1 amide bonds. The van der Waals surface area contributed by atoms with Crippen molar-refractivity contribution in [2.75, 3.05) is 20.2 Å². The second kappa shape index (κ2) is 5.66. The van der Waals surface area contributed by atoms with Crippen LogP contribution >= 0.6 is 0 Å². The van der Waals surface area contributed by atoms with E-state index in [1.165, 1.54) is 0 Å². The van der Waals surface area contributed by atoms with Crippen LogP contribution in [0, 0.1) is 17.2 Å². The van der Waals surface area contributed by atoms with Crippen LogP contribution in [-0.4, -0.2) is 37.1 Å². The molecule has 0 aromatic heterocycles. The van der Waals surface area contributed by atoms with E-state index in [-0.39, 0.29) is 23.5 Å². The van der Waals surface area contributed by atoms with E-state index in [0.717, 1.165) is 6.42 Å². The van der Waals surface area contributed by atoms with Crippen LogP contribution in [0.15, 0.2) is 11.6 Å². The summed E-state index contributed by atoms with van der Waals surface area (Å²) in [6, 6.07) is 1.97. The molecule has 1 rings (SSSR count). The highest BCUT2D eigenvalue weighted by atomic mass is 16.5. The summed E-state index contributed by atoms with van der Waals surface area (Å²) in [5.74, 6) is 0.0372. The quantitative estimate of drug-likeness (QED) is 0.535. The maximum Gasteiger partial charge on any atom is 0.264 e. The fourth-order valence-electron chi connectivity index (χ4n) is 1.77. The Kier molecular flexibility index (Phi) is 4.51. The number of amides is 1. The van der Waals surface area contributed by atoms with E-state index < -0.39 is 0 Å². The number of methoxy groups -OCH3 is 1. The molecule has 16 heavy (non-hydrogen) atoms. The van der Waals surface area contributed by atoms with Gasteiger partial charge in [0.1, 0.15) is 11.6 Å². The lowest BCUT2D eigenvalue weighted by atomic mass is 10.1. The van der Waals surface area contributed by atoms with Gasteiger partial charge >= 0.3 is 0 Å². The van der Waals surface area contributed by atoms with Crippen molar-refractivity contribution in [3.63, 3.8) is 0 Å². The number of hydrogen-bond donors (Lipinski definition) is 0. The Hall–Kier alpha value is -1.34. The molecular weight excluding hydrogens is 204 g/mol. The van der Waals surface area contributed by atoms with Gasteiger partial charge in [-0.1, -0.05) is 19.9 Å². The molecule has 1 unspecified atom stereocenters. The smallest absolute Gasteiger partial charge is 0.264 e. The predicted molar refractivity (Wildman–Crippen MR) is 60.5 cm³/mol. The topological polar surface area (TPSA) is 53.3 Å². The Morgan fingerprint density at radius 2 is 2.31 bits per heavy atom. The van der Waals surface area contributed by atoms with Crippen molar-refractivity contribution in [2.24, 2.45) is 5.92 Å². The van der Waals surface area contributed by atoms with E-state index in [9.17, 15) is 4.79 Å². The number of carbonyl (C=O) groups is 1. The summed E-state index contributed by atoms with van der Waals surface area (Å²) in [5.41, 5.74) is 0.242. The van der Waals surface area contributed by atoms with Crippen molar-refractivity contribution < 1.29 is 9.53 Å². The maximum atomic E-state index is 12.0. The van der Waals surface area contributed by atoms with Gasteiger partial charge in [0, 0.05) is 20.2 Å². The summed E-state index contributed by atoms with van der Waals surface area (Å²) in [4.78, 5) is 13.6. The summed E-state index contributed by atoms with van der Waals surface area (Å²) in [5, 5.41) is 8.93. The molecule has 0 aliphatic carbocycles. The Morgan fingerprint density at radius 1 is 1.62 bits per heavy atom. The van der Waals surface area contributed by atoms with Crippen LogP contribution in [0.2, 0.25) is 0 Å². The van der Waals surface area contributed by atoms with Crippen molar-refractivity contribution in [1.82, 2.24) is 4.90 Å². The molecule has 4 heteroatoms. The minimum atomic E-state index is -0.171. The number of nitriles is 1. The van der Waals surface area contributed by atoms with Gasteiger partial charge in [-0.15, -0.1) is 0 Å². The largest absolute Gasteiger partial charge is 0.380 e. The molecule has 1 saturated heterocycles. The van der Waals surface area contributed by atoms with Crippen LogP contribution in [-0.2, 0) is 9.53 Å². The summed E-state index contributed by atoms with van der Waals surface area (Å²) >= 11 is 0. The summed E-state index contributed by atoms with van der Waals surface area (Å²) < 4.78 is 5.19. The normalized spacial score (nSPS) is 21.3. The first kappa shape index (κ1) is 12.7. The van der Waals surface area contributed by atoms with E-state index in [1.807, 2.05) is 19.9 Å². The summed E-state index contributed by atoms with van der Waals surface area (Å²) in [6.07, 6.45) is 2.67. The first-order chi connectivity index (χ1) is 7.58. The van der Waals surface area contributed by atoms with Gasteiger partial charge in [-0.05, 0) is 12.3 Å². The van der Waals surface area contributed by atoms with Crippen molar-refractivity contribution in [3.8, 4) is 6.07 Å². The fraction of sp³-hybridized carbons (Fsp3) is 0.667. The molecule has 4 nitrogen and oxygen atoms in total. The Labute approximate surface area is 96.5 Å². The van der Waals surface area contributed by atoms with Gasteiger partial charge in [-0.3, -0.25) is 4.79 Å². The van der Waals surface area contributed by atoms with Crippen LogP contribution in [0.25, 0.3) is 0 Å². The first-order valence-electron chi connectivity index (χ1n) is 5.52. The number of carbonyl (C=O) groups excluding carboxylic acids is 1. The van der Waals surface area contributed by atoms with Crippen LogP contribution in [0.1, 0.15) is 20.3 Å². The molecule has 88 valence electrons. The van der Waals surface area contributed by atoms with Crippen molar-refractivity contribution in [3.05, 3.63) is 11.6 Å². The molecule has 1 atom stereocenters. The standard InChI is InChI=1S/C12H18N2O2/c1-9(2)6-10(7-13)12(15)14-5-4-11(8-14)16-3/h6,9,11H,4-5,8H2,1-3H3/b10-6+. The van der Waals surface area contributed by atoms with Gasteiger partial charge in [0.15, 0.2) is 0 Å². The van der Waals surface area contributed by atoms with E-state index in [1.54, 1.807) is 18.1 Å². The molecule has 0 radical (unpaired) electrons. The highest BCUT2D eigenvalue weighted by Crippen LogP contribution is 2.15. The van der Waals surface area contributed by atoms with Gasteiger partial charge in [-0.2, -0.15) is 5.26 Å². The van der Waals surface area contributed by atoms with Crippen LogP contribution in [0.4, 0.5) is 0 Å². The predicted octanol–water partition coefficient (Wildman–Crippen LogP) is 1.34. The third kappa shape index (κ3) is 3.07. The molecule has 1 heterocycles. The second-order valence-electron chi connectivity index (χ2n) is 4.33. The highest BCUT2D eigenvalue weighted by Gasteiger charge is 2.27. The molecule has 0 spiro atoms. The zero-order valence-electron chi connectivity index (χ0n) is 10.1. The fourth-order valence-corrected chi connectivity index (χ4v) is 1.77. The lowest BCUT2D eigenvalue weighted by molar-refractivity contribution is -0.126. The molecule has 1 aliphatic heterocycles. The lowest BCUT2D eigenvalue weighted by Gasteiger charge is -2.15. The van der Waals surface area contributed by atoms with Gasteiger partial charge in [0.25, 0.3) is 5.91 Å². The molecule has 0 N–H and O–H groups in total. The van der Waals surface area contributed by atoms with Crippen LogP contribution < -0.4 is 0 Å². The second-order valence-corrected chi connectivity index (χ2v) is 4.33. The number of allylic oxidation sites excluding steroid dienone is 1. The minimum Gasteiger partial charge on any atom is -0.380 e. The minimum absolute atomic E-state index is 0.114. The zero-order valence-corrected chi connectivity index (χ0v) is 10.1. The third-order valence-corrected chi connectivity index (χ3v) is 2.62. The zero-order chi connectivity index (χ0) is 12.1. The molecular formula is C12H18N2O2. The van der Waals surface area contributed by atoms with E-state index >= 15 is 0 Å². The maximum absolute atomic E-state index is 12.0. The SMILES string of the molecule is COC1CCN(C(=O)/C(C#N)=C/C(C)C)C1. The number of rotatable bonds is 3. The number of nitrogens with zero attached hydrogens (tertiary/aromatic N) is 2. The van der Waals surface area contributed by atoms with E-state index in [2.05, 4.69) is 0 Å². The molecule has 0 aromatic carbocycles. The van der Waals surface area contributed by atoms with Crippen molar-refractivity contribution in [1.29, 1.82) is 5.26 Å². The van der Waals surface area contributed by atoms with Gasteiger partial charge in [0.2, 0.25) is 0 Å². The number of ether oxygens (including phenoxy) is 1. The Balaban J connectivity index is 2.68. The van der Waals surface area contributed by atoms with E-state index in [0.29, 0.717) is 13.1 Å². The average molecular weight is 222 g/mol. The highest BCUT2D eigenvalue weighted by molar-refractivity contribution is 5.97. The van der Waals surface area contributed by atoms with Crippen molar-refractivity contribution >= 4 is 5.91 Å². The van der Waals surface area contributed by atoms with Gasteiger partial charge in [0.05, 0.1) is 6.10 Å². The Morgan fingerprint density at radius 3 is 2.75 bits per heavy atom. The van der Waals surface area contributed by atoms with Gasteiger partial charge in [-0.25, -0.2) is 0 Å². The number of likely N-dealkylation sites (tertiary alicyclic amines) is 1.